The molecule has 0 aliphatic heterocycles. The Morgan fingerprint density at radius 3 is 2.78 bits per heavy atom. The molecule has 0 heterocycles. The van der Waals surface area contributed by atoms with Crippen molar-refractivity contribution in [2.75, 3.05) is 18.0 Å². The van der Waals surface area contributed by atoms with Crippen LogP contribution in [-0.4, -0.2) is 24.2 Å². The molecule has 0 spiro atoms. The van der Waals surface area contributed by atoms with Crippen LogP contribution >= 0.6 is 11.6 Å². The van der Waals surface area contributed by atoms with Crippen molar-refractivity contribution in [2.45, 2.75) is 13.8 Å². The summed E-state index contributed by atoms with van der Waals surface area (Å²) in [7, 11) is 0. The number of anilines is 1. The standard InChI is InChI=1S/C13H15ClN2O2/c1-3-16(8-9(2)13(17)18)12-6-11(14)5-4-10(12)7-15/h4-6,9H,3,8H2,1-2H3,(H,17,18). The van der Waals surface area contributed by atoms with E-state index in [1.54, 1.807) is 25.1 Å². The first-order valence-electron chi connectivity index (χ1n) is 5.67. The normalized spacial score (nSPS) is 11.7. The molecule has 0 saturated carbocycles. The number of carbonyl (C=O) groups is 1. The van der Waals surface area contributed by atoms with Gasteiger partial charge in [0.1, 0.15) is 6.07 Å². The van der Waals surface area contributed by atoms with Gasteiger partial charge in [-0.3, -0.25) is 4.79 Å². The van der Waals surface area contributed by atoms with Gasteiger partial charge in [-0.25, -0.2) is 0 Å². The van der Waals surface area contributed by atoms with Gasteiger partial charge in [0.15, 0.2) is 0 Å². The Kier molecular flexibility index (Phi) is 4.99. The predicted octanol–water partition coefficient (Wildman–Crippen LogP) is 2.76. The Hall–Kier alpha value is -1.73. The zero-order chi connectivity index (χ0) is 13.7. The lowest BCUT2D eigenvalue weighted by molar-refractivity contribution is -0.140. The van der Waals surface area contributed by atoms with Gasteiger partial charge in [0.25, 0.3) is 0 Å². The fourth-order valence-corrected chi connectivity index (χ4v) is 1.83. The fraction of sp³-hybridized carbons (Fsp3) is 0.385. The lowest BCUT2D eigenvalue weighted by atomic mass is 10.1. The first-order valence-corrected chi connectivity index (χ1v) is 6.04. The van der Waals surface area contributed by atoms with Crippen LogP contribution in [0.2, 0.25) is 5.02 Å². The SMILES string of the molecule is CCN(CC(C)C(=O)O)c1cc(Cl)ccc1C#N. The average molecular weight is 267 g/mol. The van der Waals surface area contributed by atoms with E-state index in [9.17, 15) is 4.79 Å². The predicted molar refractivity (Wildman–Crippen MR) is 70.9 cm³/mol. The molecule has 1 aromatic rings. The molecule has 0 saturated heterocycles. The number of halogens is 1. The molecule has 0 radical (unpaired) electrons. The number of aliphatic carboxylic acids is 1. The highest BCUT2D eigenvalue weighted by Crippen LogP contribution is 2.25. The van der Waals surface area contributed by atoms with Crippen LogP contribution in [0.15, 0.2) is 18.2 Å². The van der Waals surface area contributed by atoms with E-state index in [1.807, 2.05) is 11.8 Å². The van der Waals surface area contributed by atoms with Crippen molar-refractivity contribution in [1.82, 2.24) is 0 Å². The van der Waals surface area contributed by atoms with Crippen LogP contribution in [0.4, 0.5) is 5.69 Å². The van der Waals surface area contributed by atoms with Crippen LogP contribution in [0, 0.1) is 17.2 Å². The van der Waals surface area contributed by atoms with E-state index in [2.05, 4.69) is 6.07 Å². The van der Waals surface area contributed by atoms with Crippen LogP contribution in [0.5, 0.6) is 0 Å². The van der Waals surface area contributed by atoms with Crippen LogP contribution in [0.3, 0.4) is 0 Å². The molecule has 1 rings (SSSR count). The number of hydrogen-bond donors (Lipinski definition) is 1. The molecule has 1 unspecified atom stereocenters. The van der Waals surface area contributed by atoms with Crippen molar-refractivity contribution in [3.8, 4) is 6.07 Å². The molecule has 0 aliphatic rings. The zero-order valence-electron chi connectivity index (χ0n) is 10.4. The summed E-state index contributed by atoms with van der Waals surface area (Å²) < 4.78 is 0. The van der Waals surface area contributed by atoms with Gasteiger partial charge in [0.05, 0.1) is 17.2 Å². The molecule has 0 amide bonds. The van der Waals surface area contributed by atoms with Gasteiger partial charge >= 0.3 is 5.97 Å². The van der Waals surface area contributed by atoms with E-state index in [4.69, 9.17) is 22.0 Å². The maximum absolute atomic E-state index is 10.9. The first-order chi connectivity index (χ1) is 8.49. The smallest absolute Gasteiger partial charge is 0.308 e. The van der Waals surface area contributed by atoms with Crippen molar-refractivity contribution in [3.63, 3.8) is 0 Å². The van der Waals surface area contributed by atoms with Crippen LogP contribution in [0.1, 0.15) is 19.4 Å². The second-order valence-electron chi connectivity index (χ2n) is 4.05. The van der Waals surface area contributed by atoms with E-state index >= 15 is 0 Å². The number of rotatable bonds is 5. The van der Waals surface area contributed by atoms with E-state index in [1.165, 1.54) is 0 Å². The molecular weight excluding hydrogens is 252 g/mol. The van der Waals surface area contributed by atoms with Gasteiger partial charge in [-0.2, -0.15) is 5.26 Å². The maximum atomic E-state index is 10.9. The van der Waals surface area contributed by atoms with Crippen LogP contribution < -0.4 is 4.90 Å². The van der Waals surface area contributed by atoms with Gasteiger partial charge in [0.2, 0.25) is 0 Å². The number of carboxylic acid groups (broad SMARTS) is 1. The molecule has 5 heteroatoms. The van der Waals surface area contributed by atoms with Crippen molar-refractivity contribution < 1.29 is 9.90 Å². The van der Waals surface area contributed by atoms with Gasteiger partial charge in [-0.05, 0) is 25.1 Å². The third-order valence-corrected chi connectivity index (χ3v) is 2.95. The molecule has 0 aromatic heterocycles. The number of carboxylic acids is 1. The highest BCUT2D eigenvalue weighted by atomic mass is 35.5. The minimum absolute atomic E-state index is 0.348. The lowest BCUT2D eigenvalue weighted by Gasteiger charge is -2.26. The molecular formula is C13H15ClN2O2. The summed E-state index contributed by atoms with van der Waals surface area (Å²) >= 11 is 5.92. The van der Waals surface area contributed by atoms with E-state index in [0.717, 1.165) is 0 Å². The number of nitriles is 1. The number of hydrogen-bond acceptors (Lipinski definition) is 3. The third-order valence-electron chi connectivity index (χ3n) is 2.72. The van der Waals surface area contributed by atoms with E-state index in [0.29, 0.717) is 29.4 Å². The summed E-state index contributed by atoms with van der Waals surface area (Å²) in [5, 5.41) is 18.5. The minimum atomic E-state index is -0.853. The Morgan fingerprint density at radius 1 is 1.61 bits per heavy atom. The molecule has 4 nitrogen and oxygen atoms in total. The molecule has 1 aromatic carbocycles. The third kappa shape index (κ3) is 3.38. The fourth-order valence-electron chi connectivity index (χ4n) is 1.67. The highest BCUT2D eigenvalue weighted by Gasteiger charge is 2.17. The summed E-state index contributed by atoms with van der Waals surface area (Å²) in [6.07, 6.45) is 0. The second kappa shape index (κ2) is 6.27. The van der Waals surface area contributed by atoms with Gasteiger partial charge < -0.3 is 10.0 Å². The van der Waals surface area contributed by atoms with Crippen molar-refractivity contribution in [3.05, 3.63) is 28.8 Å². The second-order valence-corrected chi connectivity index (χ2v) is 4.49. The summed E-state index contributed by atoms with van der Waals surface area (Å²) in [5.41, 5.74) is 1.18. The van der Waals surface area contributed by atoms with E-state index in [-0.39, 0.29) is 0 Å². The van der Waals surface area contributed by atoms with Crippen molar-refractivity contribution >= 4 is 23.3 Å². The monoisotopic (exact) mass is 266 g/mol. The molecule has 1 atom stereocenters. The zero-order valence-corrected chi connectivity index (χ0v) is 11.1. The van der Waals surface area contributed by atoms with Gasteiger partial charge in [0, 0.05) is 18.1 Å². The molecule has 0 fully saturated rings. The summed E-state index contributed by atoms with van der Waals surface area (Å²) in [6.45, 7) is 4.52. The van der Waals surface area contributed by atoms with Crippen molar-refractivity contribution in [1.29, 1.82) is 5.26 Å². The van der Waals surface area contributed by atoms with Crippen LogP contribution in [0.25, 0.3) is 0 Å². The quantitative estimate of drug-likeness (QED) is 0.890. The van der Waals surface area contributed by atoms with Gasteiger partial charge in [-0.1, -0.05) is 18.5 Å². The largest absolute Gasteiger partial charge is 0.481 e. The minimum Gasteiger partial charge on any atom is -0.481 e. The molecule has 0 aliphatic carbocycles. The molecule has 0 bridgehead atoms. The lowest BCUT2D eigenvalue weighted by Crippen LogP contribution is -2.32. The number of benzene rings is 1. The van der Waals surface area contributed by atoms with Crippen molar-refractivity contribution in [2.24, 2.45) is 5.92 Å². The summed E-state index contributed by atoms with van der Waals surface area (Å²) in [5.74, 6) is -1.36. The summed E-state index contributed by atoms with van der Waals surface area (Å²) in [6, 6.07) is 7.08. The molecule has 96 valence electrons. The Balaban J connectivity index is 3.05. The Labute approximate surface area is 111 Å². The average Bonchev–Trinajstić information content (AvgIpc) is 2.35. The molecule has 1 N–H and O–H groups in total. The summed E-state index contributed by atoms with van der Waals surface area (Å²) in [4.78, 5) is 12.7. The van der Waals surface area contributed by atoms with Gasteiger partial charge in [-0.15, -0.1) is 0 Å². The van der Waals surface area contributed by atoms with Crippen LogP contribution in [-0.2, 0) is 4.79 Å². The Bertz CT molecular complexity index is 482. The maximum Gasteiger partial charge on any atom is 0.308 e. The Morgan fingerprint density at radius 2 is 2.28 bits per heavy atom. The number of nitrogens with zero attached hydrogens (tertiary/aromatic N) is 2. The van der Waals surface area contributed by atoms with E-state index < -0.39 is 11.9 Å². The topological polar surface area (TPSA) is 64.3 Å². The highest BCUT2D eigenvalue weighted by molar-refractivity contribution is 6.30. The molecule has 18 heavy (non-hydrogen) atoms. The first kappa shape index (κ1) is 14.3.